The molecule has 2 N–H and O–H groups in total. The van der Waals surface area contributed by atoms with Crippen LogP contribution >= 0.6 is 0 Å². The summed E-state index contributed by atoms with van der Waals surface area (Å²) in [4.78, 5) is 2.38. The molecule has 1 aromatic carbocycles. The van der Waals surface area contributed by atoms with Crippen molar-refractivity contribution < 1.29 is 0 Å². The fourth-order valence-electron chi connectivity index (χ4n) is 2.02. The first-order chi connectivity index (χ1) is 8.49. The largest absolute Gasteiger partial charge is 0.324 e. The molecule has 2 heteroatoms. The number of benzene rings is 1. The van der Waals surface area contributed by atoms with Crippen molar-refractivity contribution in [3.63, 3.8) is 0 Å². The van der Waals surface area contributed by atoms with Crippen LogP contribution in [0.5, 0.6) is 0 Å². The van der Waals surface area contributed by atoms with Gasteiger partial charge in [0.1, 0.15) is 0 Å². The van der Waals surface area contributed by atoms with Crippen LogP contribution in [0.4, 0.5) is 0 Å². The molecule has 0 aliphatic heterocycles. The van der Waals surface area contributed by atoms with Gasteiger partial charge in [-0.15, -0.1) is 0 Å². The van der Waals surface area contributed by atoms with Gasteiger partial charge in [0.25, 0.3) is 0 Å². The van der Waals surface area contributed by atoms with Crippen molar-refractivity contribution in [3.8, 4) is 0 Å². The molecule has 0 radical (unpaired) electrons. The van der Waals surface area contributed by atoms with Crippen LogP contribution in [0.1, 0.15) is 43.9 Å². The van der Waals surface area contributed by atoms with E-state index in [4.69, 9.17) is 5.73 Å². The summed E-state index contributed by atoms with van der Waals surface area (Å²) in [5.41, 5.74) is 8.79. The summed E-state index contributed by atoms with van der Waals surface area (Å²) in [7, 11) is 2.19. The molecule has 1 unspecified atom stereocenters. The standard InChI is InChI=1S/C16H28N2/c1-13(2)8-10-18(4)11-9-16(17)15-7-5-6-14(3)12-15/h5-7,12-13,16H,8-11,17H2,1-4H3. The van der Waals surface area contributed by atoms with Crippen molar-refractivity contribution in [2.45, 2.75) is 39.7 Å². The molecule has 1 atom stereocenters. The molecule has 0 saturated heterocycles. The molecule has 2 nitrogen and oxygen atoms in total. The summed E-state index contributed by atoms with van der Waals surface area (Å²) < 4.78 is 0. The lowest BCUT2D eigenvalue weighted by molar-refractivity contribution is 0.298. The zero-order valence-electron chi connectivity index (χ0n) is 12.3. The fourth-order valence-corrected chi connectivity index (χ4v) is 2.02. The monoisotopic (exact) mass is 248 g/mol. The van der Waals surface area contributed by atoms with Gasteiger partial charge >= 0.3 is 0 Å². The molecular formula is C16H28N2. The Morgan fingerprint density at radius 3 is 2.44 bits per heavy atom. The van der Waals surface area contributed by atoms with Crippen molar-refractivity contribution >= 4 is 0 Å². The molecule has 1 rings (SSSR count). The number of hydrogen-bond acceptors (Lipinski definition) is 2. The van der Waals surface area contributed by atoms with E-state index < -0.39 is 0 Å². The van der Waals surface area contributed by atoms with Gasteiger partial charge in [-0.1, -0.05) is 43.7 Å². The lowest BCUT2D eigenvalue weighted by atomic mass is 10.0. The number of rotatable bonds is 7. The molecule has 0 aliphatic rings. The van der Waals surface area contributed by atoms with E-state index >= 15 is 0 Å². The summed E-state index contributed by atoms with van der Waals surface area (Å²) in [5.74, 6) is 0.776. The van der Waals surface area contributed by atoms with Crippen molar-refractivity contribution in [1.29, 1.82) is 0 Å². The number of hydrogen-bond donors (Lipinski definition) is 1. The minimum absolute atomic E-state index is 0.159. The average Bonchev–Trinajstić information content (AvgIpc) is 2.33. The maximum Gasteiger partial charge on any atom is 0.0307 e. The molecule has 0 spiro atoms. The second-order valence-electron chi connectivity index (χ2n) is 5.80. The topological polar surface area (TPSA) is 29.3 Å². The van der Waals surface area contributed by atoms with E-state index in [9.17, 15) is 0 Å². The van der Waals surface area contributed by atoms with Crippen LogP contribution < -0.4 is 5.73 Å². The van der Waals surface area contributed by atoms with E-state index in [1.165, 1.54) is 17.5 Å². The van der Waals surface area contributed by atoms with Gasteiger partial charge in [-0.25, -0.2) is 0 Å². The van der Waals surface area contributed by atoms with E-state index in [2.05, 4.69) is 57.0 Å². The average molecular weight is 248 g/mol. The number of nitrogens with zero attached hydrogens (tertiary/aromatic N) is 1. The van der Waals surface area contributed by atoms with Gasteiger partial charge in [0, 0.05) is 6.04 Å². The summed E-state index contributed by atoms with van der Waals surface area (Å²) in [6.45, 7) is 8.89. The quantitative estimate of drug-likeness (QED) is 0.801. The van der Waals surface area contributed by atoms with E-state index in [0.717, 1.165) is 25.4 Å². The maximum absolute atomic E-state index is 6.24. The third kappa shape index (κ3) is 5.65. The van der Waals surface area contributed by atoms with Crippen LogP contribution in [0.25, 0.3) is 0 Å². The zero-order chi connectivity index (χ0) is 13.5. The first-order valence-electron chi connectivity index (χ1n) is 6.99. The van der Waals surface area contributed by atoms with Crippen LogP contribution in [0.15, 0.2) is 24.3 Å². The normalized spacial score (nSPS) is 13.3. The molecule has 18 heavy (non-hydrogen) atoms. The predicted octanol–water partition coefficient (Wildman–Crippen LogP) is 3.36. The summed E-state index contributed by atoms with van der Waals surface area (Å²) in [5, 5.41) is 0. The van der Waals surface area contributed by atoms with Gasteiger partial charge in [-0.3, -0.25) is 0 Å². The van der Waals surface area contributed by atoms with Gasteiger partial charge in [0.2, 0.25) is 0 Å². The summed E-state index contributed by atoms with van der Waals surface area (Å²) in [6, 6.07) is 8.69. The molecule has 0 aliphatic carbocycles. The highest BCUT2D eigenvalue weighted by Crippen LogP contribution is 2.15. The van der Waals surface area contributed by atoms with Gasteiger partial charge < -0.3 is 10.6 Å². The Labute approximate surface area is 112 Å². The first kappa shape index (κ1) is 15.2. The molecule has 0 bridgehead atoms. The molecule has 1 aromatic rings. The third-order valence-electron chi connectivity index (χ3n) is 3.38. The smallest absolute Gasteiger partial charge is 0.0307 e. The predicted molar refractivity (Wildman–Crippen MR) is 79.7 cm³/mol. The number of aryl methyl sites for hydroxylation is 1. The highest BCUT2D eigenvalue weighted by Gasteiger charge is 2.08. The van der Waals surface area contributed by atoms with Crippen molar-refractivity contribution in [1.82, 2.24) is 4.90 Å². The highest BCUT2D eigenvalue weighted by atomic mass is 15.1. The van der Waals surface area contributed by atoms with Gasteiger partial charge in [-0.2, -0.15) is 0 Å². The van der Waals surface area contributed by atoms with Crippen LogP contribution in [-0.4, -0.2) is 25.0 Å². The van der Waals surface area contributed by atoms with Gasteiger partial charge in [0.15, 0.2) is 0 Å². The Hall–Kier alpha value is -0.860. The summed E-state index contributed by atoms with van der Waals surface area (Å²) >= 11 is 0. The van der Waals surface area contributed by atoms with E-state index in [1.54, 1.807) is 0 Å². The Balaban J connectivity index is 2.34. The second-order valence-corrected chi connectivity index (χ2v) is 5.80. The third-order valence-corrected chi connectivity index (χ3v) is 3.38. The van der Waals surface area contributed by atoms with Gasteiger partial charge in [-0.05, 0) is 51.4 Å². The number of nitrogens with two attached hydrogens (primary N) is 1. The first-order valence-corrected chi connectivity index (χ1v) is 6.99. The van der Waals surface area contributed by atoms with E-state index in [0.29, 0.717) is 0 Å². The van der Waals surface area contributed by atoms with Crippen molar-refractivity contribution in [2.75, 3.05) is 20.1 Å². The molecule has 102 valence electrons. The van der Waals surface area contributed by atoms with Crippen molar-refractivity contribution in [2.24, 2.45) is 11.7 Å². The van der Waals surface area contributed by atoms with Gasteiger partial charge in [0.05, 0.1) is 0 Å². The van der Waals surface area contributed by atoms with E-state index in [1.807, 2.05) is 0 Å². The molecule has 0 fully saturated rings. The molecule has 0 heterocycles. The van der Waals surface area contributed by atoms with Crippen LogP contribution in [0, 0.1) is 12.8 Å². The van der Waals surface area contributed by atoms with Crippen LogP contribution in [0.3, 0.4) is 0 Å². The summed E-state index contributed by atoms with van der Waals surface area (Å²) in [6.07, 6.45) is 2.29. The van der Waals surface area contributed by atoms with Crippen molar-refractivity contribution in [3.05, 3.63) is 35.4 Å². The maximum atomic E-state index is 6.24. The molecule has 0 aromatic heterocycles. The lowest BCUT2D eigenvalue weighted by Crippen LogP contribution is -2.25. The second kappa shape index (κ2) is 7.55. The Kier molecular flexibility index (Phi) is 6.37. The van der Waals surface area contributed by atoms with Crippen LogP contribution in [0.2, 0.25) is 0 Å². The minimum atomic E-state index is 0.159. The SMILES string of the molecule is Cc1cccc(C(N)CCN(C)CCC(C)C)c1. The fraction of sp³-hybridized carbons (Fsp3) is 0.625. The Bertz CT molecular complexity index is 347. The molecular weight excluding hydrogens is 220 g/mol. The molecule has 0 saturated carbocycles. The Morgan fingerprint density at radius 1 is 1.17 bits per heavy atom. The Morgan fingerprint density at radius 2 is 1.83 bits per heavy atom. The highest BCUT2D eigenvalue weighted by molar-refractivity contribution is 5.24. The minimum Gasteiger partial charge on any atom is -0.324 e. The molecule has 0 amide bonds. The van der Waals surface area contributed by atoms with E-state index in [-0.39, 0.29) is 6.04 Å². The van der Waals surface area contributed by atoms with Crippen LogP contribution in [-0.2, 0) is 0 Å². The lowest BCUT2D eigenvalue weighted by Gasteiger charge is -2.20. The zero-order valence-corrected chi connectivity index (χ0v) is 12.3.